The molecule has 161 valence electrons. The van der Waals surface area contributed by atoms with Crippen LogP contribution in [0.3, 0.4) is 0 Å². The molecule has 6 heteroatoms. The van der Waals surface area contributed by atoms with Crippen LogP contribution in [0.1, 0.15) is 68.4 Å². The Morgan fingerprint density at radius 1 is 0.767 bits per heavy atom. The minimum atomic E-state index is -4.88. The lowest BCUT2D eigenvalue weighted by Crippen LogP contribution is -2.11. The highest BCUT2D eigenvalue weighted by atomic mass is 19.4. The summed E-state index contributed by atoms with van der Waals surface area (Å²) < 4.78 is 80.5. The second-order valence-electron chi connectivity index (χ2n) is 8.98. The zero-order valence-corrected chi connectivity index (χ0v) is 17.4. The normalized spacial score (nSPS) is 14.9. The van der Waals surface area contributed by atoms with Gasteiger partial charge in [0.25, 0.3) is 0 Å². The molecule has 0 amide bonds. The van der Waals surface area contributed by atoms with Gasteiger partial charge in [-0.25, -0.2) is 0 Å². The highest BCUT2D eigenvalue weighted by molar-refractivity contribution is 5.86. The molecule has 0 atom stereocenters. The molecule has 1 aliphatic carbocycles. The summed E-state index contributed by atoms with van der Waals surface area (Å²) in [6.45, 7) is 9.77. The highest BCUT2D eigenvalue weighted by Crippen LogP contribution is 2.46. The van der Waals surface area contributed by atoms with Crippen molar-refractivity contribution in [3.63, 3.8) is 0 Å². The summed E-state index contributed by atoms with van der Waals surface area (Å²) in [7, 11) is 0. The highest BCUT2D eigenvalue weighted by Gasteiger charge is 2.37. The van der Waals surface area contributed by atoms with Crippen molar-refractivity contribution >= 4 is 6.08 Å². The van der Waals surface area contributed by atoms with E-state index in [0.717, 1.165) is 23.3 Å². The van der Waals surface area contributed by atoms with E-state index >= 15 is 0 Å². The van der Waals surface area contributed by atoms with E-state index < -0.39 is 23.5 Å². The van der Waals surface area contributed by atoms with E-state index in [0.29, 0.717) is 16.7 Å². The Kier molecular flexibility index (Phi) is 5.37. The number of rotatable bonds is 2. The quantitative estimate of drug-likeness (QED) is 0.423. The molecule has 0 aliphatic heterocycles. The van der Waals surface area contributed by atoms with Crippen molar-refractivity contribution in [2.75, 3.05) is 0 Å². The van der Waals surface area contributed by atoms with E-state index in [-0.39, 0.29) is 23.0 Å². The van der Waals surface area contributed by atoms with Crippen molar-refractivity contribution < 1.29 is 26.3 Å². The smallest absolute Gasteiger partial charge is 0.166 e. The van der Waals surface area contributed by atoms with Crippen molar-refractivity contribution in [2.24, 2.45) is 5.41 Å². The minimum absolute atomic E-state index is 0.0718. The average Bonchev–Trinajstić information content (AvgIpc) is 3.03. The Morgan fingerprint density at radius 2 is 1.30 bits per heavy atom. The number of benzene rings is 2. The summed E-state index contributed by atoms with van der Waals surface area (Å²) in [4.78, 5) is 0. The van der Waals surface area contributed by atoms with Gasteiger partial charge >= 0.3 is 12.4 Å². The van der Waals surface area contributed by atoms with Crippen LogP contribution in [0.2, 0.25) is 0 Å². The molecule has 0 saturated heterocycles. The Balaban J connectivity index is 2.36. The second-order valence-corrected chi connectivity index (χ2v) is 8.98. The molecule has 0 nitrogen and oxygen atoms in total. The van der Waals surface area contributed by atoms with Gasteiger partial charge in [-0.2, -0.15) is 26.3 Å². The minimum Gasteiger partial charge on any atom is -0.166 e. The van der Waals surface area contributed by atoms with E-state index in [9.17, 15) is 26.3 Å². The fourth-order valence-corrected chi connectivity index (χ4v) is 3.63. The zero-order valence-electron chi connectivity index (χ0n) is 17.4. The summed E-state index contributed by atoms with van der Waals surface area (Å²) in [6.07, 6.45) is -5.94. The van der Waals surface area contributed by atoms with Crippen LogP contribution in [0.5, 0.6) is 0 Å². The van der Waals surface area contributed by atoms with Gasteiger partial charge in [-0.3, -0.25) is 0 Å². The third kappa shape index (κ3) is 4.28. The Labute approximate surface area is 172 Å². The van der Waals surface area contributed by atoms with E-state index in [1.165, 1.54) is 0 Å². The van der Waals surface area contributed by atoms with Gasteiger partial charge in [0.2, 0.25) is 0 Å². The Hall–Kier alpha value is -2.24. The predicted molar refractivity (Wildman–Crippen MR) is 107 cm³/mol. The first-order valence-corrected chi connectivity index (χ1v) is 9.62. The van der Waals surface area contributed by atoms with Crippen molar-refractivity contribution in [3.8, 4) is 11.1 Å². The van der Waals surface area contributed by atoms with Crippen molar-refractivity contribution in [3.05, 3.63) is 70.1 Å². The van der Waals surface area contributed by atoms with Gasteiger partial charge in [-0.05, 0) is 57.3 Å². The van der Waals surface area contributed by atoms with E-state index in [4.69, 9.17) is 0 Å². The van der Waals surface area contributed by atoms with Crippen molar-refractivity contribution in [2.45, 2.75) is 52.9 Å². The lowest BCUT2D eigenvalue weighted by molar-refractivity contribution is -0.143. The lowest BCUT2D eigenvalue weighted by Gasteiger charge is -2.20. The van der Waals surface area contributed by atoms with Gasteiger partial charge in [0, 0.05) is 6.42 Å². The fourth-order valence-electron chi connectivity index (χ4n) is 3.63. The molecule has 0 saturated carbocycles. The summed E-state index contributed by atoms with van der Waals surface area (Å²) in [5.41, 5.74) is 0.683. The topological polar surface area (TPSA) is 0 Å². The summed E-state index contributed by atoms with van der Waals surface area (Å²) in [5.74, 6) is -0.0822. The van der Waals surface area contributed by atoms with Crippen LogP contribution in [0.25, 0.3) is 17.2 Å². The number of alkyl halides is 6. The van der Waals surface area contributed by atoms with Crippen molar-refractivity contribution in [1.29, 1.82) is 0 Å². The maximum Gasteiger partial charge on any atom is 0.416 e. The van der Waals surface area contributed by atoms with E-state index in [2.05, 4.69) is 0 Å². The van der Waals surface area contributed by atoms with Crippen LogP contribution in [0.15, 0.2) is 35.9 Å². The molecule has 2 aromatic carbocycles. The first-order chi connectivity index (χ1) is 13.6. The number of hydrogen-bond donors (Lipinski definition) is 0. The molecular weight excluding hydrogens is 402 g/mol. The lowest BCUT2D eigenvalue weighted by atomic mass is 9.85. The molecule has 0 spiro atoms. The Morgan fingerprint density at radius 3 is 1.73 bits per heavy atom. The first-order valence-electron chi connectivity index (χ1n) is 9.62. The van der Waals surface area contributed by atoms with Gasteiger partial charge in [0.05, 0.1) is 11.1 Å². The summed E-state index contributed by atoms with van der Waals surface area (Å²) >= 11 is 0. The number of halogens is 6. The van der Waals surface area contributed by atoms with Crippen molar-refractivity contribution in [1.82, 2.24) is 0 Å². The second kappa shape index (κ2) is 7.17. The van der Waals surface area contributed by atoms with Crippen LogP contribution in [-0.2, 0) is 12.4 Å². The van der Waals surface area contributed by atoms with Crippen LogP contribution in [0.4, 0.5) is 26.3 Å². The number of allylic oxidation sites excluding steroid dienone is 1. The Bertz CT molecular complexity index is 966. The molecule has 0 bridgehead atoms. The third-order valence-electron chi connectivity index (χ3n) is 5.29. The number of fused-ring (bicyclic) bond motifs is 1. The van der Waals surface area contributed by atoms with E-state index in [1.54, 1.807) is 6.07 Å². The van der Waals surface area contributed by atoms with Gasteiger partial charge in [-0.1, -0.05) is 58.4 Å². The van der Waals surface area contributed by atoms with Crippen LogP contribution in [-0.4, -0.2) is 0 Å². The maximum absolute atomic E-state index is 13.4. The molecule has 0 heterocycles. The molecular formula is C24H23F6. The molecule has 0 fully saturated rings. The average molecular weight is 425 g/mol. The predicted octanol–water partition coefficient (Wildman–Crippen LogP) is 8.51. The molecule has 0 N–H and O–H groups in total. The molecule has 0 unspecified atom stereocenters. The zero-order chi connectivity index (χ0) is 22.6. The molecule has 2 aromatic rings. The monoisotopic (exact) mass is 425 g/mol. The summed E-state index contributed by atoms with van der Waals surface area (Å²) in [6, 6.07) is 5.48. The number of hydrogen-bond acceptors (Lipinski definition) is 0. The third-order valence-corrected chi connectivity index (χ3v) is 5.29. The standard InChI is InChI=1S/C24H23F6/c1-13(2)19-7-6-14-8-16(22(3,4)5)12-20(14)21(19)15-9-17(23(25,26)27)11-18(10-15)24(28,29)30/h6-13H,1-5H3. The van der Waals surface area contributed by atoms with Crippen LogP contribution in [0, 0.1) is 11.8 Å². The molecule has 1 aliphatic rings. The molecule has 30 heavy (non-hydrogen) atoms. The van der Waals surface area contributed by atoms with Gasteiger partial charge in [-0.15, -0.1) is 0 Å². The van der Waals surface area contributed by atoms with Gasteiger partial charge < -0.3 is 0 Å². The molecule has 3 rings (SSSR count). The summed E-state index contributed by atoms with van der Waals surface area (Å²) in [5, 5.41) is 0. The fraction of sp³-hybridized carbons (Fsp3) is 0.375. The van der Waals surface area contributed by atoms with Crippen LogP contribution < -0.4 is 0 Å². The largest absolute Gasteiger partial charge is 0.416 e. The van der Waals surface area contributed by atoms with Gasteiger partial charge in [0.15, 0.2) is 0 Å². The first kappa shape index (κ1) is 22.4. The maximum atomic E-state index is 13.4. The molecule has 1 radical (unpaired) electrons. The molecule has 0 aromatic heterocycles. The van der Waals surface area contributed by atoms with E-state index in [1.807, 2.05) is 53.2 Å². The van der Waals surface area contributed by atoms with Gasteiger partial charge in [0.1, 0.15) is 0 Å². The SMILES string of the molecule is CC(C)c1ccc2c(c1-c1cc(C(F)(F)F)cc(C(F)(F)F)c1)C=C(C(C)(C)C)[CH]2. The van der Waals surface area contributed by atoms with Crippen LogP contribution >= 0.6 is 0 Å².